The number of halogens is 2. The lowest BCUT2D eigenvalue weighted by atomic mass is 10.2. The molecular weight excluding hydrogens is 415 g/mol. The van der Waals surface area contributed by atoms with Gasteiger partial charge in [-0.2, -0.15) is 5.10 Å². The molecule has 29 heavy (non-hydrogen) atoms. The zero-order valence-electron chi connectivity index (χ0n) is 16.2. The fraction of sp³-hybridized carbons (Fsp3) is 0.300. The van der Waals surface area contributed by atoms with Crippen LogP contribution in [0.15, 0.2) is 36.4 Å². The van der Waals surface area contributed by atoms with E-state index in [1.807, 2.05) is 6.07 Å². The Labute approximate surface area is 178 Å². The number of nitrogens with zero attached hydrogens (tertiary/aromatic N) is 2. The Morgan fingerprint density at radius 3 is 2.69 bits per heavy atom. The van der Waals surface area contributed by atoms with Gasteiger partial charge in [-0.25, -0.2) is 9.07 Å². The highest BCUT2D eigenvalue weighted by Crippen LogP contribution is 2.37. The van der Waals surface area contributed by atoms with Gasteiger partial charge in [0, 0.05) is 6.42 Å². The lowest BCUT2D eigenvalue weighted by Crippen LogP contribution is -2.17. The molecule has 3 aromatic rings. The molecule has 0 radical (unpaired) electrons. The molecule has 1 aromatic heterocycles. The van der Waals surface area contributed by atoms with E-state index in [1.165, 1.54) is 12.1 Å². The summed E-state index contributed by atoms with van der Waals surface area (Å²) in [5.41, 5.74) is 4.97. The van der Waals surface area contributed by atoms with E-state index < -0.39 is 0 Å². The number of aryl methyl sites for hydroxylation is 1. The van der Waals surface area contributed by atoms with Gasteiger partial charge in [0.05, 0.1) is 18.7 Å². The molecule has 2 N–H and O–H groups in total. The van der Waals surface area contributed by atoms with Crippen molar-refractivity contribution in [2.45, 2.75) is 32.9 Å². The molecule has 0 bridgehead atoms. The smallest absolute Gasteiger partial charge is 0.214 e. The summed E-state index contributed by atoms with van der Waals surface area (Å²) in [7, 11) is 1.55. The van der Waals surface area contributed by atoms with E-state index in [0.29, 0.717) is 27.8 Å². The topological polar surface area (TPSA) is 64.1 Å². The largest absolute Gasteiger partial charge is 0.493 e. The summed E-state index contributed by atoms with van der Waals surface area (Å²) in [5, 5.41) is 7.45. The summed E-state index contributed by atoms with van der Waals surface area (Å²) in [6.07, 6.45) is 1.77. The number of hydrogen-bond acceptors (Lipinski definition) is 5. The minimum absolute atomic E-state index is 0.249. The molecule has 0 amide bonds. The highest BCUT2D eigenvalue weighted by Gasteiger charge is 2.13. The molecule has 9 heteroatoms. The first-order chi connectivity index (χ1) is 14.0. The maximum absolute atomic E-state index is 13.0. The standard InChI is InChI=1S/C20H22ClFN4O2S/c1-3-4-18-24-25-20(29)26(18)23-11-14-9-16(21)19(17(10-14)27-2)28-12-13-5-7-15(22)8-6-13/h5-10,23H,3-4,11-12H2,1-2H3,(H,25,29). The van der Waals surface area contributed by atoms with Gasteiger partial charge in [-0.05, 0) is 54.0 Å². The van der Waals surface area contributed by atoms with Crippen molar-refractivity contribution in [3.8, 4) is 11.5 Å². The first-order valence-electron chi connectivity index (χ1n) is 9.15. The lowest BCUT2D eigenvalue weighted by molar-refractivity contribution is 0.284. The van der Waals surface area contributed by atoms with Crippen molar-refractivity contribution in [3.05, 3.63) is 69.0 Å². The van der Waals surface area contributed by atoms with Gasteiger partial charge in [0.2, 0.25) is 4.77 Å². The fourth-order valence-electron chi connectivity index (χ4n) is 2.81. The number of nitrogens with one attached hydrogen (secondary N) is 2. The number of ether oxygens (including phenoxy) is 2. The maximum atomic E-state index is 13.0. The number of hydrogen-bond donors (Lipinski definition) is 2. The molecule has 0 saturated carbocycles. The molecule has 2 aromatic carbocycles. The molecular formula is C20H22ClFN4O2S. The van der Waals surface area contributed by atoms with Crippen LogP contribution in [0.5, 0.6) is 11.5 Å². The second-order valence-electron chi connectivity index (χ2n) is 6.39. The van der Waals surface area contributed by atoms with E-state index in [1.54, 1.807) is 30.0 Å². The second-order valence-corrected chi connectivity index (χ2v) is 7.18. The van der Waals surface area contributed by atoms with Crippen LogP contribution in [0.4, 0.5) is 4.39 Å². The number of rotatable bonds is 9. The van der Waals surface area contributed by atoms with Crippen molar-refractivity contribution >= 4 is 23.8 Å². The van der Waals surface area contributed by atoms with Crippen molar-refractivity contribution < 1.29 is 13.9 Å². The van der Waals surface area contributed by atoms with Crippen LogP contribution in [-0.2, 0) is 19.6 Å². The first kappa shape index (κ1) is 21.1. The van der Waals surface area contributed by atoms with Crippen molar-refractivity contribution in [3.63, 3.8) is 0 Å². The summed E-state index contributed by atoms with van der Waals surface area (Å²) in [5.74, 6) is 1.51. The highest BCUT2D eigenvalue weighted by molar-refractivity contribution is 7.71. The van der Waals surface area contributed by atoms with Crippen molar-refractivity contribution in [2.24, 2.45) is 0 Å². The average Bonchev–Trinajstić information content (AvgIpc) is 3.06. The molecule has 3 rings (SSSR count). The van der Waals surface area contributed by atoms with Gasteiger partial charge in [-0.3, -0.25) is 5.10 Å². The normalized spacial score (nSPS) is 10.8. The van der Waals surface area contributed by atoms with E-state index >= 15 is 0 Å². The molecule has 0 atom stereocenters. The van der Waals surface area contributed by atoms with Gasteiger partial charge < -0.3 is 14.9 Å². The number of methoxy groups -OCH3 is 1. The fourth-order valence-corrected chi connectivity index (χ4v) is 3.31. The van der Waals surface area contributed by atoms with Crippen molar-refractivity contribution in [2.75, 3.05) is 12.5 Å². The number of aromatic amines is 1. The zero-order chi connectivity index (χ0) is 20.8. The Morgan fingerprint density at radius 2 is 2.00 bits per heavy atom. The summed E-state index contributed by atoms with van der Waals surface area (Å²) < 4.78 is 26.6. The summed E-state index contributed by atoms with van der Waals surface area (Å²) >= 11 is 11.7. The Morgan fingerprint density at radius 1 is 1.24 bits per heavy atom. The maximum Gasteiger partial charge on any atom is 0.214 e. The van der Waals surface area contributed by atoms with Gasteiger partial charge in [-0.15, -0.1) is 0 Å². The molecule has 0 aliphatic rings. The molecule has 6 nitrogen and oxygen atoms in total. The van der Waals surface area contributed by atoms with Gasteiger partial charge >= 0.3 is 0 Å². The van der Waals surface area contributed by atoms with Crippen LogP contribution in [0.25, 0.3) is 0 Å². The molecule has 0 unspecified atom stereocenters. The van der Waals surface area contributed by atoms with Crippen LogP contribution >= 0.6 is 23.8 Å². The average molecular weight is 437 g/mol. The molecule has 0 aliphatic carbocycles. The number of H-pyrrole nitrogens is 1. The van der Waals surface area contributed by atoms with E-state index in [0.717, 1.165) is 29.8 Å². The molecule has 0 saturated heterocycles. The summed E-state index contributed by atoms with van der Waals surface area (Å²) in [6, 6.07) is 9.76. The van der Waals surface area contributed by atoms with Gasteiger partial charge in [-0.1, -0.05) is 30.7 Å². The van der Waals surface area contributed by atoms with Gasteiger partial charge in [0.15, 0.2) is 17.3 Å². The van der Waals surface area contributed by atoms with Crippen LogP contribution in [0.3, 0.4) is 0 Å². The number of aromatic nitrogens is 3. The van der Waals surface area contributed by atoms with E-state index in [9.17, 15) is 4.39 Å². The molecule has 154 valence electrons. The van der Waals surface area contributed by atoms with E-state index in [2.05, 4.69) is 22.5 Å². The third-order valence-electron chi connectivity index (χ3n) is 4.24. The Balaban J connectivity index is 1.73. The minimum Gasteiger partial charge on any atom is -0.493 e. The third-order valence-corrected chi connectivity index (χ3v) is 4.80. The second kappa shape index (κ2) is 9.76. The molecule has 0 spiro atoms. The Kier molecular flexibility index (Phi) is 7.11. The van der Waals surface area contributed by atoms with Crippen LogP contribution in [0.1, 0.15) is 30.3 Å². The highest BCUT2D eigenvalue weighted by atomic mass is 35.5. The van der Waals surface area contributed by atoms with Crippen LogP contribution in [0.2, 0.25) is 5.02 Å². The van der Waals surface area contributed by atoms with Crippen LogP contribution < -0.4 is 14.9 Å². The first-order valence-corrected chi connectivity index (χ1v) is 9.94. The number of benzene rings is 2. The van der Waals surface area contributed by atoms with Crippen molar-refractivity contribution in [1.29, 1.82) is 0 Å². The van der Waals surface area contributed by atoms with E-state index in [-0.39, 0.29) is 12.4 Å². The Hall–Kier alpha value is -2.58. The SMILES string of the molecule is CCCc1n[nH]c(=S)n1NCc1cc(Cl)c(OCc2ccc(F)cc2)c(OC)c1. The molecule has 0 fully saturated rings. The third kappa shape index (κ3) is 5.27. The molecule has 1 heterocycles. The van der Waals surface area contributed by atoms with Crippen molar-refractivity contribution in [1.82, 2.24) is 14.9 Å². The predicted molar refractivity (Wildman–Crippen MR) is 113 cm³/mol. The van der Waals surface area contributed by atoms with Crippen LogP contribution in [0, 0.1) is 10.6 Å². The van der Waals surface area contributed by atoms with Gasteiger partial charge in [0.25, 0.3) is 0 Å². The minimum atomic E-state index is -0.291. The van der Waals surface area contributed by atoms with E-state index in [4.69, 9.17) is 33.3 Å². The Bertz CT molecular complexity index is 1020. The summed E-state index contributed by atoms with van der Waals surface area (Å²) in [6.45, 7) is 2.80. The predicted octanol–water partition coefficient (Wildman–Crippen LogP) is 5.02. The monoisotopic (exact) mass is 436 g/mol. The zero-order valence-corrected chi connectivity index (χ0v) is 17.7. The summed E-state index contributed by atoms with van der Waals surface area (Å²) in [4.78, 5) is 0. The lowest BCUT2D eigenvalue weighted by Gasteiger charge is -2.15. The molecule has 0 aliphatic heterocycles. The van der Waals surface area contributed by atoms with Crippen LogP contribution in [-0.4, -0.2) is 22.0 Å². The van der Waals surface area contributed by atoms with Gasteiger partial charge in [0.1, 0.15) is 12.4 Å². The quantitative estimate of drug-likeness (QED) is 0.461.